The number of hydrogen-bond donors (Lipinski definition) is 0. The van der Waals surface area contributed by atoms with Gasteiger partial charge in [0.25, 0.3) is 0 Å². The summed E-state index contributed by atoms with van der Waals surface area (Å²) in [7, 11) is 0. The van der Waals surface area contributed by atoms with Crippen molar-refractivity contribution in [2.75, 3.05) is 0 Å². The van der Waals surface area contributed by atoms with E-state index in [9.17, 15) is 0 Å². The third-order valence-electron chi connectivity index (χ3n) is 3.43. The van der Waals surface area contributed by atoms with Crippen LogP contribution in [0.4, 0.5) is 0 Å². The van der Waals surface area contributed by atoms with Gasteiger partial charge in [-0.1, -0.05) is 46.5 Å². The van der Waals surface area contributed by atoms with E-state index < -0.39 is 0 Å². The van der Waals surface area contributed by atoms with Crippen LogP contribution in [0.1, 0.15) is 52.9 Å². The van der Waals surface area contributed by atoms with Gasteiger partial charge in [0.05, 0.1) is 0 Å². The zero-order valence-corrected chi connectivity index (χ0v) is 8.27. The first kappa shape index (κ1) is 9.09. The minimum Gasteiger partial charge on any atom is -0.0651 e. The maximum Gasteiger partial charge on any atom is -0.0386 e. The Morgan fingerprint density at radius 1 is 1.36 bits per heavy atom. The lowest BCUT2D eigenvalue weighted by molar-refractivity contribution is 0.211. The standard InChI is InChI=1S/C11H22/c1-4-10(3)11-7-5-6-9(2)8-11/h9-11H,4-8H2,1-3H3. The van der Waals surface area contributed by atoms with Crippen molar-refractivity contribution >= 4 is 0 Å². The van der Waals surface area contributed by atoms with E-state index in [-0.39, 0.29) is 0 Å². The Labute approximate surface area is 71.4 Å². The van der Waals surface area contributed by atoms with E-state index >= 15 is 0 Å². The van der Waals surface area contributed by atoms with E-state index in [0.717, 1.165) is 17.8 Å². The maximum absolute atomic E-state index is 2.42. The molecule has 0 radical (unpaired) electrons. The van der Waals surface area contributed by atoms with Crippen LogP contribution < -0.4 is 0 Å². The molecule has 66 valence electrons. The van der Waals surface area contributed by atoms with Crippen LogP contribution in [-0.4, -0.2) is 0 Å². The summed E-state index contributed by atoms with van der Waals surface area (Å²) in [6, 6.07) is 0. The Hall–Kier alpha value is 0. The van der Waals surface area contributed by atoms with Crippen LogP contribution in [0.3, 0.4) is 0 Å². The van der Waals surface area contributed by atoms with E-state index in [0.29, 0.717) is 0 Å². The monoisotopic (exact) mass is 154 g/mol. The van der Waals surface area contributed by atoms with Crippen molar-refractivity contribution in [2.45, 2.75) is 52.9 Å². The predicted octanol–water partition coefficient (Wildman–Crippen LogP) is 3.86. The van der Waals surface area contributed by atoms with Crippen molar-refractivity contribution in [3.8, 4) is 0 Å². The van der Waals surface area contributed by atoms with Gasteiger partial charge in [-0.3, -0.25) is 0 Å². The quantitative estimate of drug-likeness (QED) is 0.566. The van der Waals surface area contributed by atoms with Crippen LogP contribution in [0.15, 0.2) is 0 Å². The third kappa shape index (κ3) is 2.50. The summed E-state index contributed by atoms with van der Waals surface area (Å²) in [5.74, 6) is 3.02. The van der Waals surface area contributed by atoms with E-state index in [1.165, 1.54) is 32.1 Å². The largest absolute Gasteiger partial charge is 0.0651 e. The Balaban J connectivity index is 2.33. The molecule has 1 rings (SSSR count). The summed E-state index contributed by atoms with van der Waals surface area (Å²) >= 11 is 0. The first-order chi connectivity index (χ1) is 5.24. The van der Waals surface area contributed by atoms with Gasteiger partial charge in [-0.25, -0.2) is 0 Å². The summed E-state index contributed by atoms with van der Waals surface area (Å²) in [4.78, 5) is 0. The molecular formula is C11H22. The zero-order valence-electron chi connectivity index (χ0n) is 8.27. The fourth-order valence-electron chi connectivity index (χ4n) is 2.33. The van der Waals surface area contributed by atoms with E-state index in [1.54, 1.807) is 0 Å². The molecule has 0 aliphatic heterocycles. The second-order valence-electron chi connectivity index (χ2n) is 4.42. The van der Waals surface area contributed by atoms with Crippen molar-refractivity contribution in [1.82, 2.24) is 0 Å². The average molecular weight is 154 g/mol. The van der Waals surface area contributed by atoms with Crippen molar-refractivity contribution in [3.63, 3.8) is 0 Å². The molecule has 0 heterocycles. The first-order valence-corrected chi connectivity index (χ1v) is 5.24. The molecule has 0 N–H and O–H groups in total. The van der Waals surface area contributed by atoms with Gasteiger partial charge in [0, 0.05) is 0 Å². The molecule has 0 heteroatoms. The van der Waals surface area contributed by atoms with Crippen molar-refractivity contribution < 1.29 is 0 Å². The van der Waals surface area contributed by atoms with Crippen molar-refractivity contribution in [1.29, 1.82) is 0 Å². The summed E-state index contributed by atoms with van der Waals surface area (Å²) in [5, 5.41) is 0. The third-order valence-corrected chi connectivity index (χ3v) is 3.43. The molecule has 0 amide bonds. The molecule has 0 saturated heterocycles. The molecule has 1 aliphatic carbocycles. The maximum atomic E-state index is 2.42. The molecule has 0 spiro atoms. The van der Waals surface area contributed by atoms with Gasteiger partial charge >= 0.3 is 0 Å². The summed E-state index contributed by atoms with van der Waals surface area (Å²) in [5.41, 5.74) is 0. The molecule has 1 aliphatic rings. The zero-order chi connectivity index (χ0) is 8.27. The Morgan fingerprint density at radius 3 is 2.64 bits per heavy atom. The highest BCUT2D eigenvalue weighted by atomic mass is 14.3. The first-order valence-electron chi connectivity index (χ1n) is 5.24. The fourth-order valence-corrected chi connectivity index (χ4v) is 2.33. The average Bonchev–Trinajstić information content (AvgIpc) is 2.03. The molecule has 3 atom stereocenters. The summed E-state index contributed by atoms with van der Waals surface area (Å²) < 4.78 is 0. The van der Waals surface area contributed by atoms with E-state index in [1.807, 2.05) is 0 Å². The molecule has 0 nitrogen and oxygen atoms in total. The smallest absolute Gasteiger partial charge is 0.0386 e. The van der Waals surface area contributed by atoms with E-state index in [2.05, 4.69) is 20.8 Å². The molecule has 0 aromatic rings. The predicted molar refractivity (Wildman–Crippen MR) is 50.6 cm³/mol. The lowest BCUT2D eigenvalue weighted by Gasteiger charge is -2.30. The minimum absolute atomic E-state index is 0.970. The Bertz CT molecular complexity index is 107. The van der Waals surface area contributed by atoms with Gasteiger partial charge in [-0.2, -0.15) is 0 Å². The topological polar surface area (TPSA) is 0 Å². The van der Waals surface area contributed by atoms with Crippen LogP contribution in [0.5, 0.6) is 0 Å². The van der Waals surface area contributed by atoms with E-state index in [4.69, 9.17) is 0 Å². The van der Waals surface area contributed by atoms with Crippen molar-refractivity contribution in [2.24, 2.45) is 17.8 Å². The van der Waals surface area contributed by atoms with Crippen LogP contribution in [0.2, 0.25) is 0 Å². The van der Waals surface area contributed by atoms with Crippen LogP contribution >= 0.6 is 0 Å². The van der Waals surface area contributed by atoms with Gasteiger partial charge in [0.2, 0.25) is 0 Å². The van der Waals surface area contributed by atoms with Crippen LogP contribution in [0.25, 0.3) is 0 Å². The number of rotatable bonds is 2. The molecule has 0 aromatic carbocycles. The normalized spacial score (nSPS) is 35.2. The van der Waals surface area contributed by atoms with Crippen LogP contribution in [-0.2, 0) is 0 Å². The van der Waals surface area contributed by atoms with Crippen molar-refractivity contribution in [3.05, 3.63) is 0 Å². The highest BCUT2D eigenvalue weighted by Crippen LogP contribution is 2.34. The summed E-state index contributed by atoms with van der Waals surface area (Å²) in [6.45, 7) is 7.15. The van der Waals surface area contributed by atoms with Gasteiger partial charge < -0.3 is 0 Å². The highest BCUT2D eigenvalue weighted by molar-refractivity contribution is 4.73. The Morgan fingerprint density at radius 2 is 2.09 bits per heavy atom. The second kappa shape index (κ2) is 4.13. The molecule has 3 unspecified atom stereocenters. The lowest BCUT2D eigenvalue weighted by Crippen LogP contribution is -2.19. The van der Waals surface area contributed by atoms with Gasteiger partial charge in [0.1, 0.15) is 0 Å². The Kier molecular flexibility index (Phi) is 3.42. The van der Waals surface area contributed by atoms with Gasteiger partial charge in [0.15, 0.2) is 0 Å². The van der Waals surface area contributed by atoms with Gasteiger partial charge in [-0.15, -0.1) is 0 Å². The molecular weight excluding hydrogens is 132 g/mol. The molecule has 1 saturated carbocycles. The molecule has 0 bridgehead atoms. The molecule has 11 heavy (non-hydrogen) atoms. The molecule has 1 fully saturated rings. The minimum atomic E-state index is 0.970. The highest BCUT2D eigenvalue weighted by Gasteiger charge is 2.22. The second-order valence-corrected chi connectivity index (χ2v) is 4.42. The summed E-state index contributed by atoms with van der Waals surface area (Å²) in [6.07, 6.45) is 7.33. The van der Waals surface area contributed by atoms with Gasteiger partial charge in [-0.05, 0) is 24.2 Å². The van der Waals surface area contributed by atoms with Crippen LogP contribution in [0, 0.1) is 17.8 Å². The number of hydrogen-bond acceptors (Lipinski definition) is 0. The SMILES string of the molecule is CCC(C)C1CCCC(C)C1. The molecule has 0 aromatic heterocycles. The lowest BCUT2D eigenvalue weighted by atomic mass is 9.75. The fraction of sp³-hybridized carbons (Fsp3) is 1.00.